The topological polar surface area (TPSA) is 186 Å². The number of nitrogens with zero attached hydrogens (tertiary/aromatic N) is 2. The standard InChI is InChI=1S/C28H50N2O6S.C28H50N2O4S.CH4/c1-17(2)13-28(11,16-37(34,35)26(6,7)8)14-19(31)29-22(25(3,4)5)23(32)30-15-18-20(27(18,9)10)21(30)24(33)36-12;1-17(2)13-28(11,16-35-26(6,7)8)14-19(31)29-22(25(3,4)5)23(32)30-15-18-20(27(18,9)10)21(30)24(33)34-12;/h17-18,20-22H,13-16H2,1-12H3,(H,29,31);17-18,20-22H,13-16H2,1-12H3,(H,29,31);1H4/t2*18-,20?,21-,22+,28+;/m00./s1. The number of piperidine rings is 2. The number of ether oxygens (including phenoxy) is 2. The van der Waals surface area contributed by atoms with Crippen LogP contribution in [0.2, 0.25) is 0 Å². The number of esters is 2. The van der Waals surface area contributed by atoms with Crippen LogP contribution >= 0.6 is 11.8 Å². The Morgan fingerprint density at radius 1 is 0.603 bits per heavy atom. The van der Waals surface area contributed by atoms with Gasteiger partial charge < -0.3 is 29.9 Å². The molecule has 0 spiro atoms. The number of likely N-dealkylation sites (tertiary alicyclic amines) is 2. The highest BCUT2D eigenvalue weighted by atomic mass is 32.2. The van der Waals surface area contributed by atoms with Crippen LogP contribution in [0, 0.1) is 68.0 Å². The molecule has 2 unspecified atom stereocenters. The van der Waals surface area contributed by atoms with Gasteiger partial charge >= 0.3 is 11.9 Å². The van der Waals surface area contributed by atoms with Gasteiger partial charge in [0.15, 0.2) is 9.84 Å². The molecule has 73 heavy (non-hydrogen) atoms. The van der Waals surface area contributed by atoms with Gasteiger partial charge in [-0.05, 0) is 95.5 Å². The average molecular weight is 1070 g/mol. The van der Waals surface area contributed by atoms with Gasteiger partial charge in [0.25, 0.3) is 0 Å². The van der Waals surface area contributed by atoms with E-state index in [-0.39, 0.29) is 99.8 Å². The SMILES string of the molecule is C.COC(=O)[C@@H]1C2[C@H](CN1C(=O)[C@@H](NC(=O)C[C@@](C)(CC(C)C)CS(=O)(=O)C(C)(C)C)C(C)(C)C)C2(C)C.COC(=O)[C@@H]1C2[C@H](CN1C(=O)[C@@H](NC(=O)C[C@](C)(CSC(C)(C)C)CC(C)C)C(C)(C)C)C2(C)C. The van der Waals surface area contributed by atoms with E-state index in [4.69, 9.17) is 9.47 Å². The molecule has 2 aliphatic heterocycles. The molecular weight excluding hydrogens is 965 g/mol. The Labute approximate surface area is 448 Å². The zero-order valence-corrected chi connectivity index (χ0v) is 50.9. The third-order valence-corrected chi connectivity index (χ3v) is 20.7. The number of sulfone groups is 1. The summed E-state index contributed by atoms with van der Waals surface area (Å²) in [5.74, 6) is 0.342. The van der Waals surface area contributed by atoms with Gasteiger partial charge in [-0.3, -0.25) is 19.2 Å². The Balaban J connectivity index is 0.000000494. The van der Waals surface area contributed by atoms with Crippen molar-refractivity contribution in [3.05, 3.63) is 0 Å². The normalized spacial score (nSPS) is 25.6. The minimum absolute atomic E-state index is 0. The zero-order chi connectivity index (χ0) is 56.1. The van der Waals surface area contributed by atoms with Crippen molar-refractivity contribution in [2.45, 2.75) is 219 Å². The lowest BCUT2D eigenvalue weighted by Gasteiger charge is -2.38. The lowest BCUT2D eigenvalue weighted by Crippen LogP contribution is -2.58. The van der Waals surface area contributed by atoms with E-state index in [1.807, 2.05) is 74.1 Å². The van der Waals surface area contributed by atoms with E-state index >= 15 is 0 Å². The predicted molar refractivity (Wildman–Crippen MR) is 296 cm³/mol. The second-order valence-corrected chi connectivity index (χ2v) is 33.5. The van der Waals surface area contributed by atoms with Crippen molar-refractivity contribution in [2.24, 2.45) is 68.0 Å². The number of hydrogen-bond acceptors (Lipinski definition) is 11. The summed E-state index contributed by atoms with van der Waals surface area (Å²) in [4.78, 5) is 83.2. The lowest BCUT2D eigenvalue weighted by atomic mass is 9.80. The van der Waals surface area contributed by atoms with E-state index in [1.54, 1.807) is 30.6 Å². The second-order valence-electron chi connectivity index (χ2n) is 29.0. The largest absolute Gasteiger partial charge is 0.467 e. The van der Waals surface area contributed by atoms with E-state index in [1.165, 1.54) is 14.2 Å². The van der Waals surface area contributed by atoms with Crippen LogP contribution in [0.4, 0.5) is 0 Å². The molecule has 4 aliphatic rings. The summed E-state index contributed by atoms with van der Waals surface area (Å²) in [5, 5.41) is 6.03. The van der Waals surface area contributed by atoms with Crippen molar-refractivity contribution in [1.82, 2.24) is 20.4 Å². The molecule has 0 aromatic rings. The van der Waals surface area contributed by atoms with Crippen molar-refractivity contribution < 1.29 is 46.7 Å². The fourth-order valence-corrected chi connectivity index (χ4v) is 14.6. The first-order valence-electron chi connectivity index (χ1n) is 26.4. The monoisotopic (exact) mass is 1070 g/mol. The van der Waals surface area contributed by atoms with Crippen LogP contribution in [0.3, 0.4) is 0 Å². The van der Waals surface area contributed by atoms with Crippen LogP contribution in [0.15, 0.2) is 0 Å². The molecule has 4 amide bonds. The summed E-state index contributed by atoms with van der Waals surface area (Å²) in [5.41, 5.74) is -2.09. The average Bonchev–Trinajstić information content (AvgIpc) is 3.64. The Morgan fingerprint density at radius 3 is 1.22 bits per heavy atom. The molecule has 4 rings (SSSR count). The summed E-state index contributed by atoms with van der Waals surface area (Å²) in [7, 11) is -0.763. The number of fused-ring (bicyclic) bond motifs is 2. The Bertz CT molecular complexity index is 2110. The molecule has 424 valence electrons. The maximum Gasteiger partial charge on any atom is 0.328 e. The van der Waals surface area contributed by atoms with E-state index in [0.29, 0.717) is 31.8 Å². The number of amides is 4. The molecule has 14 nitrogen and oxygen atoms in total. The smallest absolute Gasteiger partial charge is 0.328 e. The number of rotatable bonds is 18. The summed E-state index contributed by atoms with van der Waals surface area (Å²) >= 11 is 1.88. The van der Waals surface area contributed by atoms with Gasteiger partial charge in [0, 0.05) is 42.5 Å². The molecule has 4 fully saturated rings. The fourth-order valence-electron chi connectivity index (χ4n) is 12.0. The van der Waals surface area contributed by atoms with Crippen LogP contribution in [0.5, 0.6) is 0 Å². The first kappa shape index (κ1) is 66.2. The van der Waals surface area contributed by atoms with Gasteiger partial charge in [-0.1, -0.05) is 139 Å². The lowest BCUT2D eigenvalue weighted by molar-refractivity contribution is -0.155. The Morgan fingerprint density at radius 2 is 0.932 bits per heavy atom. The van der Waals surface area contributed by atoms with Crippen LogP contribution in [0.1, 0.15) is 185 Å². The van der Waals surface area contributed by atoms with Crippen molar-refractivity contribution in [3.8, 4) is 0 Å². The molecule has 10 atom stereocenters. The number of thioether (sulfide) groups is 1. The van der Waals surface area contributed by atoms with Crippen LogP contribution in [-0.4, -0.2) is 126 Å². The number of carbonyl (C=O) groups is 6. The highest BCUT2D eigenvalue weighted by Crippen LogP contribution is 2.66. The third-order valence-electron chi connectivity index (χ3n) is 16.0. The van der Waals surface area contributed by atoms with Crippen molar-refractivity contribution >= 4 is 57.2 Å². The van der Waals surface area contributed by atoms with Crippen molar-refractivity contribution in [1.29, 1.82) is 0 Å². The van der Waals surface area contributed by atoms with Crippen molar-refractivity contribution in [2.75, 3.05) is 38.8 Å². The van der Waals surface area contributed by atoms with Gasteiger partial charge in [0.05, 0.1) is 24.7 Å². The first-order valence-corrected chi connectivity index (χ1v) is 29.1. The highest BCUT2D eigenvalue weighted by molar-refractivity contribution is 8.00. The van der Waals surface area contributed by atoms with E-state index < -0.39 is 61.0 Å². The minimum Gasteiger partial charge on any atom is -0.467 e. The van der Waals surface area contributed by atoms with Crippen LogP contribution in [0.25, 0.3) is 0 Å². The van der Waals surface area contributed by atoms with Gasteiger partial charge in [-0.2, -0.15) is 11.8 Å². The Hall–Kier alpha value is -2.88. The highest BCUT2D eigenvalue weighted by Gasteiger charge is 2.71. The van der Waals surface area contributed by atoms with Gasteiger partial charge in [-0.25, -0.2) is 18.0 Å². The molecule has 2 heterocycles. The maximum absolute atomic E-state index is 13.8. The Kier molecular flexibility index (Phi) is 20.9. The fraction of sp³-hybridized carbons (Fsp3) is 0.895. The summed E-state index contributed by atoms with van der Waals surface area (Å²) < 4.78 is 35.5. The molecule has 0 bridgehead atoms. The summed E-state index contributed by atoms with van der Waals surface area (Å²) in [6.07, 6.45) is 1.84. The molecule has 16 heteroatoms. The molecule has 2 saturated carbocycles. The summed E-state index contributed by atoms with van der Waals surface area (Å²) in [6, 6.07) is -2.82. The zero-order valence-electron chi connectivity index (χ0n) is 49.2. The molecule has 2 N–H and O–H groups in total. The maximum atomic E-state index is 13.8. The molecular formula is C57H104N4O10S2. The molecule has 2 saturated heterocycles. The summed E-state index contributed by atoms with van der Waals surface area (Å²) in [6.45, 7) is 45.0. The minimum atomic E-state index is -3.47. The quantitative estimate of drug-likeness (QED) is 0.125. The van der Waals surface area contributed by atoms with E-state index in [2.05, 4.69) is 79.9 Å². The molecule has 0 radical (unpaired) electrons. The van der Waals surface area contributed by atoms with Gasteiger partial charge in [0.1, 0.15) is 24.2 Å². The second kappa shape index (κ2) is 23.0. The van der Waals surface area contributed by atoms with Gasteiger partial charge in [0.2, 0.25) is 23.6 Å². The van der Waals surface area contributed by atoms with Crippen LogP contribution < -0.4 is 10.6 Å². The molecule has 0 aromatic carbocycles. The molecule has 2 aliphatic carbocycles. The van der Waals surface area contributed by atoms with Crippen molar-refractivity contribution in [3.63, 3.8) is 0 Å². The number of methoxy groups -OCH3 is 2. The predicted octanol–water partition coefficient (Wildman–Crippen LogP) is 9.61. The number of carbonyl (C=O) groups excluding carboxylic acids is 6. The van der Waals surface area contributed by atoms with E-state index in [0.717, 1.165) is 12.2 Å². The van der Waals surface area contributed by atoms with Crippen LogP contribution in [-0.2, 0) is 48.1 Å². The van der Waals surface area contributed by atoms with E-state index in [9.17, 15) is 37.2 Å². The molecule has 0 aromatic heterocycles. The number of nitrogens with one attached hydrogen (secondary N) is 2. The number of hydrogen-bond donors (Lipinski definition) is 2. The first-order chi connectivity index (χ1) is 32.2. The third kappa shape index (κ3) is 16.1. The van der Waals surface area contributed by atoms with Gasteiger partial charge in [-0.15, -0.1) is 0 Å².